The lowest BCUT2D eigenvalue weighted by atomic mass is 9.50. The zero-order chi connectivity index (χ0) is 33.3. The summed E-state index contributed by atoms with van der Waals surface area (Å²) in [7, 11) is 0. The molecule has 2 unspecified atom stereocenters. The highest BCUT2D eigenvalue weighted by molar-refractivity contribution is 5.76. The lowest BCUT2D eigenvalue weighted by molar-refractivity contribution is -0.376. The SMILES string of the molecule is CCC(O)(CC(CC(C)(C)C(=O)OC1(C)C2CC3CC(C2)CC1C3)c1ccc(C(O)(C(F)(F)F)C(F)(F)F)cc1)C(F)(F)F. The van der Waals surface area contributed by atoms with Gasteiger partial charge in [-0.2, -0.15) is 39.5 Å². The van der Waals surface area contributed by atoms with Crippen molar-refractivity contribution in [3.8, 4) is 0 Å². The molecule has 5 rings (SSSR count). The van der Waals surface area contributed by atoms with Crippen molar-refractivity contribution < 1.29 is 59.3 Å². The molecule has 4 aliphatic carbocycles. The van der Waals surface area contributed by atoms with Gasteiger partial charge in [-0.15, -0.1) is 0 Å². The molecule has 0 amide bonds. The third-order valence-electron chi connectivity index (χ3n) is 10.7. The van der Waals surface area contributed by atoms with Crippen LogP contribution in [0, 0.1) is 29.1 Å². The number of carbonyl (C=O) groups excluding carboxylic acids is 1. The Hall–Kier alpha value is -2.02. The summed E-state index contributed by atoms with van der Waals surface area (Å²) in [5.41, 5.74) is -12.4. The van der Waals surface area contributed by atoms with Gasteiger partial charge in [-0.3, -0.25) is 4.79 Å². The lowest BCUT2D eigenvalue weighted by Gasteiger charge is -2.59. The van der Waals surface area contributed by atoms with Crippen LogP contribution in [0.2, 0.25) is 0 Å². The average Bonchev–Trinajstić information content (AvgIpc) is 2.88. The van der Waals surface area contributed by atoms with E-state index in [0.29, 0.717) is 24.0 Å². The molecule has 4 saturated carbocycles. The zero-order valence-electron chi connectivity index (χ0n) is 25.0. The monoisotopic (exact) mass is 646 g/mol. The van der Waals surface area contributed by atoms with E-state index in [-0.39, 0.29) is 23.8 Å². The standard InChI is InChI=1S/C31H39F9O4/c1-5-27(42,29(32,33)34)16-20(19-6-8-21(9-7-19)28(43,30(35,36)37)31(38,39)40)15-25(2,3)24(41)44-26(4)22-11-17-10-18(13-22)14-23(26)12-17/h6-9,17-18,20,22-23,42-43H,5,10-16H2,1-4H3. The Balaban J connectivity index is 1.65. The van der Waals surface area contributed by atoms with Gasteiger partial charge in [0.1, 0.15) is 5.60 Å². The minimum atomic E-state index is -6.15. The molecule has 13 heteroatoms. The first-order chi connectivity index (χ1) is 19.9. The topological polar surface area (TPSA) is 66.8 Å². The van der Waals surface area contributed by atoms with Crippen molar-refractivity contribution in [1.82, 2.24) is 0 Å². The van der Waals surface area contributed by atoms with Gasteiger partial charge < -0.3 is 14.9 Å². The van der Waals surface area contributed by atoms with Gasteiger partial charge in [0.05, 0.1) is 5.41 Å². The van der Waals surface area contributed by atoms with Gasteiger partial charge in [0.2, 0.25) is 0 Å². The Kier molecular flexibility index (Phi) is 8.75. The van der Waals surface area contributed by atoms with Crippen molar-refractivity contribution in [3.05, 3.63) is 35.4 Å². The molecule has 250 valence electrons. The van der Waals surface area contributed by atoms with Crippen molar-refractivity contribution in [2.24, 2.45) is 29.1 Å². The molecule has 2 N–H and O–H groups in total. The van der Waals surface area contributed by atoms with E-state index < -0.39 is 71.0 Å². The number of halogens is 9. The molecular weight excluding hydrogens is 607 g/mol. The summed E-state index contributed by atoms with van der Waals surface area (Å²) in [4.78, 5) is 13.7. The maximum absolute atomic E-state index is 14.0. The number of hydrogen-bond donors (Lipinski definition) is 2. The number of alkyl halides is 9. The summed E-state index contributed by atoms with van der Waals surface area (Å²) in [6.07, 6.45) is -14.7. The molecule has 4 bridgehead atoms. The minimum Gasteiger partial charge on any atom is -0.458 e. The van der Waals surface area contributed by atoms with Crippen molar-refractivity contribution in [1.29, 1.82) is 0 Å². The summed E-state index contributed by atoms with van der Waals surface area (Å²) in [6.45, 7) is 5.90. The van der Waals surface area contributed by atoms with Gasteiger partial charge in [-0.05, 0) is 107 Å². The molecule has 44 heavy (non-hydrogen) atoms. The van der Waals surface area contributed by atoms with Crippen LogP contribution < -0.4 is 0 Å². The number of ether oxygens (including phenoxy) is 1. The van der Waals surface area contributed by atoms with E-state index in [9.17, 15) is 54.5 Å². The molecule has 1 aromatic rings. The molecule has 1 aromatic carbocycles. The fourth-order valence-electron chi connectivity index (χ4n) is 7.98. The molecule has 0 aliphatic heterocycles. The summed E-state index contributed by atoms with van der Waals surface area (Å²) >= 11 is 0. The smallest absolute Gasteiger partial charge is 0.430 e. The highest BCUT2D eigenvalue weighted by Gasteiger charge is 2.71. The highest BCUT2D eigenvalue weighted by atomic mass is 19.4. The minimum absolute atomic E-state index is 0.140. The molecule has 0 radical (unpaired) electrons. The number of rotatable bonds is 9. The Morgan fingerprint density at radius 1 is 0.818 bits per heavy atom. The first kappa shape index (κ1) is 34.8. The number of carbonyl (C=O) groups is 1. The second-order valence-corrected chi connectivity index (χ2v) is 14.1. The van der Waals surface area contributed by atoms with Crippen LogP contribution >= 0.6 is 0 Å². The van der Waals surface area contributed by atoms with Crippen molar-refractivity contribution >= 4 is 5.97 Å². The zero-order valence-corrected chi connectivity index (χ0v) is 25.0. The number of esters is 1. The fourth-order valence-corrected chi connectivity index (χ4v) is 7.98. The Labute approximate surface area is 250 Å². The van der Waals surface area contributed by atoms with Crippen LogP contribution in [-0.4, -0.2) is 45.9 Å². The number of hydrogen-bond acceptors (Lipinski definition) is 4. The second kappa shape index (κ2) is 11.1. The normalized spacial score (nSPS) is 29.8. The van der Waals surface area contributed by atoms with Crippen molar-refractivity contribution in [3.63, 3.8) is 0 Å². The van der Waals surface area contributed by atoms with Crippen LogP contribution in [0.15, 0.2) is 24.3 Å². The van der Waals surface area contributed by atoms with Gasteiger partial charge in [-0.25, -0.2) is 0 Å². The maximum atomic E-state index is 14.0. The number of aliphatic hydroxyl groups is 2. The van der Waals surface area contributed by atoms with Gasteiger partial charge in [0.15, 0.2) is 5.60 Å². The lowest BCUT2D eigenvalue weighted by Crippen LogP contribution is -2.58. The predicted molar refractivity (Wildman–Crippen MR) is 141 cm³/mol. The van der Waals surface area contributed by atoms with Gasteiger partial charge in [-0.1, -0.05) is 31.2 Å². The summed E-state index contributed by atoms with van der Waals surface area (Å²) < 4.78 is 128. The van der Waals surface area contributed by atoms with Crippen LogP contribution in [0.3, 0.4) is 0 Å². The van der Waals surface area contributed by atoms with Crippen molar-refractivity contribution in [2.75, 3.05) is 0 Å². The first-order valence-electron chi connectivity index (χ1n) is 14.9. The van der Waals surface area contributed by atoms with Crippen LogP contribution in [0.25, 0.3) is 0 Å². The molecule has 4 nitrogen and oxygen atoms in total. The van der Waals surface area contributed by atoms with Gasteiger partial charge in [0, 0.05) is 5.56 Å². The molecule has 0 saturated heterocycles. The van der Waals surface area contributed by atoms with E-state index in [0.717, 1.165) is 51.2 Å². The van der Waals surface area contributed by atoms with Crippen LogP contribution in [-0.2, 0) is 15.1 Å². The van der Waals surface area contributed by atoms with E-state index in [1.165, 1.54) is 13.8 Å². The molecule has 4 fully saturated rings. The third-order valence-corrected chi connectivity index (χ3v) is 10.7. The molecule has 0 aromatic heterocycles. The van der Waals surface area contributed by atoms with E-state index in [4.69, 9.17) is 4.74 Å². The van der Waals surface area contributed by atoms with E-state index in [1.54, 1.807) is 0 Å². The van der Waals surface area contributed by atoms with Gasteiger partial charge >= 0.3 is 24.5 Å². The van der Waals surface area contributed by atoms with Gasteiger partial charge in [0.25, 0.3) is 5.60 Å². The molecule has 0 spiro atoms. The molecule has 4 aliphatic rings. The van der Waals surface area contributed by atoms with Crippen LogP contribution in [0.1, 0.15) is 96.1 Å². The highest BCUT2D eigenvalue weighted by Crippen LogP contribution is 2.60. The quantitative estimate of drug-likeness (QED) is 0.209. The van der Waals surface area contributed by atoms with Crippen molar-refractivity contribution in [2.45, 2.75) is 120 Å². The second-order valence-electron chi connectivity index (χ2n) is 14.1. The Morgan fingerprint density at radius 3 is 1.66 bits per heavy atom. The Bertz CT molecular complexity index is 1160. The maximum Gasteiger partial charge on any atom is 0.430 e. The third kappa shape index (κ3) is 5.96. The number of benzene rings is 1. The van der Waals surface area contributed by atoms with E-state index in [2.05, 4.69) is 0 Å². The van der Waals surface area contributed by atoms with Crippen LogP contribution in [0.5, 0.6) is 0 Å². The fraction of sp³-hybridized carbons (Fsp3) is 0.774. The average molecular weight is 647 g/mol. The summed E-state index contributed by atoms with van der Waals surface area (Å²) in [6, 6.07) is 2.22. The predicted octanol–water partition coefficient (Wildman–Crippen LogP) is 8.35. The molecular formula is C31H39F9O4. The first-order valence-corrected chi connectivity index (χ1v) is 14.9. The molecule has 0 heterocycles. The largest absolute Gasteiger partial charge is 0.458 e. The summed E-state index contributed by atoms with van der Waals surface area (Å²) in [5.74, 6) is -0.562. The molecule has 2 atom stereocenters. The van der Waals surface area contributed by atoms with E-state index >= 15 is 0 Å². The summed E-state index contributed by atoms with van der Waals surface area (Å²) in [5, 5.41) is 20.3. The van der Waals surface area contributed by atoms with E-state index in [1.807, 2.05) is 6.92 Å². The van der Waals surface area contributed by atoms with Crippen LogP contribution in [0.4, 0.5) is 39.5 Å². The Morgan fingerprint density at radius 2 is 1.27 bits per heavy atom.